The van der Waals surface area contributed by atoms with Crippen molar-refractivity contribution >= 4 is 10.9 Å². The van der Waals surface area contributed by atoms with Crippen LogP contribution in [0.4, 0.5) is 0 Å². The molecule has 31 heavy (non-hydrogen) atoms. The first-order chi connectivity index (χ1) is 15.0. The number of tetrazole rings is 1. The van der Waals surface area contributed by atoms with E-state index in [1.807, 2.05) is 16.8 Å². The van der Waals surface area contributed by atoms with Gasteiger partial charge in [-0.2, -0.15) is 0 Å². The maximum atomic E-state index is 13.3. The number of hydrogen-bond donors (Lipinski definition) is 2. The molecule has 2 N–H and O–H groups in total. The summed E-state index contributed by atoms with van der Waals surface area (Å²) in [5.41, 5.74) is 3.76. The highest BCUT2D eigenvalue weighted by atomic mass is 16.3. The summed E-state index contributed by atoms with van der Waals surface area (Å²) < 4.78 is 1.95. The van der Waals surface area contributed by atoms with Gasteiger partial charge in [-0.25, -0.2) is 4.68 Å². The van der Waals surface area contributed by atoms with E-state index in [9.17, 15) is 9.90 Å². The molecule has 2 aromatic heterocycles. The lowest BCUT2D eigenvalue weighted by Crippen LogP contribution is -2.42. The standard InChI is InChI=1S/C23H30N6O2/c1-14-11-16-13-19(23(31)24-20(16)12-15(14)2)21(28-9-7-18(30)8-10-28)22-25-26-27-29(22)17-5-3-4-6-17/h11-13,17-18,21,30H,3-10H2,1-2H3,(H,24,31)/t21-/m1/s1. The summed E-state index contributed by atoms with van der Waals surface area (Å²) in [4.78, 5) is 18.6. The highest BCUT2D eigenvalue weighted by molar-refractivity contribution is 5.81. The molecular formula is C23H30N6O2. The Hall–Kier alpha value is -2.58. The second-order valence-electron chi connectivity index (χ2n) is 9.17. The molecule has 0 bridgehead atoms. The van der Waals surface area contributed by atoms with E-state index in [1.165, 1.54) is 18.4 Å². The van der Waals surface area contributed by atoms with E-state index in [2.05, 4.69) is 45.3 Å². The van der Waals surface area contributed by atoms with E-state index in [4.69, 9.17) is 0 Å². The lowest BCUT2D eigenvalue weighted by atomic mass is 9.98. The van der Waals surface area contributed by atoms with Gasteiger partial charge in [-0.05, 0) is 84.7 Å². The average Bonchev–Trinajstić information content (AvgIpc) is 3.43. The Kier molecular flexibility index (Phi) is 5.35. The number of piperidine rings is 1. The minimum absolute atomic E-state index is 0.104. The van der Waals surface area contributed by atoms with Crippen molar-refractivity contribution in [2.24, 2.45) is 0 Å². The molecule has 1 aliphatic heterocycles. The number of benzene rings is 1. The van der Waals surface area contributed by atoms with Gasteiger partial charge in [-0.15, -0.1) is 5.10 Å². The van der Waals surface area contributed by atoms with Crippen molar-refractivity contribution in [3.05, 3.63) is 51.1 Å². The van der Waals surface area contributed by atoms with Gasteiger partial charge in [-0.3, -0.25) is 9.69 Å². The average molecular weight is 423 g/mol. The summed E-state index contributed by atoms with van der Waals surface area (Å²) in [7, 11) is 0. The van der Waals surface area contributed by atoms with Crippen molar-refractivity contribution < 1.29 is 5.11 Å². The van der Waals surface area contributed by atoms with Crippen LogP contribution < -0.4 is 5.56 Å². The van der Waals surface area contributed by atoms with Crippen molar-refractivity contribution in [3.63, 3.8) is 0 Å². The lowest BCUT2D eigenvalue weighted by molar-refractivity contribution is 0.0654. The molecule has 3 aromatic rings. The molecule has 1 atom stereocenters. The second kappa shape index (κ2) is 8.16. The molecule has 8 nitrogen and oxygen atoms in total. The number of aromatic amines is 1. The first-order valence-corrected chi connectivity index (χ1v) is 11.4. The maximum Gasteiger partial charge on any atom is 0.253 e. The molecule has 0 radical (unpaired) electrons. The molecular weight excluding hydrogens is 392 g/mol. The molecule has 1 saturated carbocycles. The molecule has 8 heteroatoms. The number of nitrogens with zero attached hydrogens (tertiary/aromatic N) is 5. The van der Waals surface area contributed by atoms with Crippen LogP contribution in [0.3, 0.4) is 0 Å². The van der Waals surface area contributed by atoms with Crippen LogP contribution in [0.2, 0.25) is 0 Å². The van der Waals surface area contributed by atoms with Crippen LogP contribution in [0.5, 0.6) is 0 Å². The first-order valence-electron chi connectivity index (χ1n) is 11.4. The highest BCUT2D eigenvalue weighted by Gasteiger charge is 2.34. The number of aliphatic hydroxyl groups is 1. The predicted octanol–water partition coefficient (Wildman–Crippen LogP) is 2.79. The zero-order valence-electron chi connectivity index (χ0n) is 18.2. The molecule has 5 rings (SSSR count). The van der Waals surface area contributed by atoms with Crippen LogP contribution in [0.25, 0.3) is 10.9 Å². The minimum atomic E-state index is -0.335. The van der Waals surface area contributed by atoms with Crippen LogP contribution in [0.15, 0.2) is 23.0 Å². The van der Waals surface area contributed by atoms with Crippen molar-refractivity contribution in [2.75, 3.05) is 13.1 Å². The number of pyridine rings is 1. The zero-order chi connectivity index (χ0) is 21.5. The molecule has 3 heterocycles. The quantitative estimate of drug-likeness (QED) is 0.671. The monoisotopic (exact) mass is 422 g/mol. The summed E-state index contributed by atoms with van der Waals surface area (Å²) in [5.74, 6) is 0.733. The Balaban J connectivity index is 1.65. The molecule has 2 aliphatic rings. The molecule has 164 valence electrons. The molecule has 0 spiro atoms. The summed E-state index contributed by atoms with van der Waals surface area (Å²) in [6, 6.07) is 6.11. The van der Waals surface area contributed by atoms with Crippen molar-refractivity contribution in [1.82, 2.24) is 30.1 Å². The predicted molar refractivity (Wildman–Crippen MR) is 118 cm³/mol. The fourth-order valence-electron chi connectivity index (χ4n) is 5.13. The Labute approximate surface area is 181 Å². The Morgan fingerprint density at radius 3 is 2.52 bits per heavy atom. The third-order valence-electron chi connectivity index (χ3n) is 7.08. The van der Waals surface area contributed by atoms with Crippen LogP contribution in [0, 0.1) is 13.8 Å². The molecule has 1 aromatic carbocycles. The maximum absolute atomic E-state index is 13.3. The van der Waals surface area contributed by atoms with Gasteiger partial charge in [0.15, 0.2) is 5.82 Å². The number of H-pyrrole nitrogens is 1. The Bertz CT molecular complexity index is 1140. The SMILES string of the molecule is Cc1cc2cc([C@H](c3nnnn3C3CCCC3)N3CCC(O)CC3)c(=O)[nH]c2cc1C. The van der Waals surface area contributed by atoms with E-state index < -0.39 is 0 Å². The van der Waals surface area contributed by atoms with Crippen LogP contribution in [-0.2, 0) is 0 Å². The van der Waals surface area contributed by atoms with Crippen LogP contribution >= 0.6 is 0 Å². The number of aromatic nitrogens is 5. The van der Waals surface area contributed by atoms with Gasteiger partial charge in [0.1, 0.15) is 6.04 Å². The van der Waals surface area contributed by atoms with Crippen molar-refractivity contribution in [1.29, 1.82) is 0 Å². The third kappa shape index (κ3) is 3.78. The zero-order valence-corrected chi connectivity index (χ0v) is 18.2. The van der Waals surface area contributed by atoms with Gasteiger partial charge in [0.25, 0.3) is 5.56 Å². The molecule has 1 saturated heterocycles. The van der Waals surface area contributed by atoms with Gasteiger partial charge in [0, 0.05) is 24.2 Å². The molecule has 0 amide bonds. The number of rotatable bonds is 4. The third-order valence-corrected chi connectivity index (χ3v) is 7.08. The van der Waals surface area contributed by atoms with Crippen molar-refractivity contribution in [2.45, 2.75) is 70.6 Å². The number of nitrogens with one attached hydrogen (secondary N) is 1. The van der Waals surface area contributed by atoms with Crippen LogP contribution in [-0.4, -0.2) is 54.4 Å². The fourth-order valence-corrected chi connectivity index (χ4v) is 5.13. The van der Waals surface area contributed by atoms with E-state index in [-0.39, 0.29) is 23.7 Å². The number of aliphatic hydroxyl groups excluding tert-OH is 1. The van der Waals surface area contributed by atoms with Gasteiger partial charge < -0.3 is 10.1 Å². The number of aryl methyl sites for hydroxylation is 2. The normalized spacial score (nSPS) is 20.0. The summed E-state index contributed by atoms with van der Waals surface area (Å²) >= 11 is 0. The van der Waals surface area contributed by atoms with E-state index in [1.54, 1.807) is 0 Å². The number of hydrogen-bond acceptors (Lipinski definition) is 6. The summed E-state index contributed by atoms with van der Waals surface area (Å²) in [6.07, 6.45) is 5.57. The molecule has 0 unspecified atom stereocenters. The fraction of sp³-hybridized carbons (Fsp3) is 0.565. The van der Waals surface area contributed by atoms with E-state index >= 15 is 0 Å². The molecule has 1 aliphatic carbocycles. The van der Waals surface area contributed by atoms with E-state index in [0.29, 0.717) is 31.5 Å². The molecule has 2 fully saturated rings. The minimum Gasteiger partial charge on any atom is -0.393 e. The summed E-state index contributed by atoms with van der Waals surface area (Å²) in [5, 5.41) is 23.8. The largest absolute Gasteiger partial charge is 0.393 e. The van der Waals surface area contributed by atoms with Crippen LogP contribution in [0.1, 0.15) is 73.1 Å². The highest BCUT2D eigenvalue weighted by Crippen LogP contribution is 2.35. The Morgan fingerprint density at radius 2 is 1.77 bits per heavy atom. The van der Waals surface area contributed by atoms with Gasteiger partial charge in [-0.1, -0.05) is 12.8 Å². The number of likely N-dealkylation sites (tertiary alicyclic amines) is 1. The van der Waals surface area contributed by atoms with Gasteiger partial charge in [0.05, 0.1) is 12.1 Å². The number of fused-ring (bicyclic) bond motifs is 1. The van der Waals surface area contributed by atoms with E-state index in [0.717, 1.165) is 35.1 Å². The Morgan fingerprint density at radius 1 is 1.06 bits per heavy atom. The summed E-state index contributed by atoms with van der Waals surface area (Å²) in [6.45, 7) is 5.55. The first kappa shape index (κ1) is 20.3. The second-order valence-corrected chi connectivity index (χ2v) is 9.17. The topological polar surface area (TPSA) is 99.9 Å². The van der Waals surface area contributed by atoms with Gasteiger partial charge in [0.2, 0.25) is 0 Å². The van der Waals surface area contributed by atoms with Gasteiger partial charge >= 0.3 is 0 Å². The van der Waals surface area contributed by atoms with Crippen molar-refractivity contribution in [3.8, 4) is 0 Å². The smallest absolute Gasteiger partial charge is 0.253 e. The lowest BCUT2D eigenvalue weighted by Gasteiger charge is -2.35.